The Morgan fingerprint density at radius 2 is 2.08 bits per heavy atom. The topological polar surface area (TPSA) is 151 Å². The number of rotatable bonds is 9. The molecule has 0 bridgehead atoms. The molecule has 208 valence electrons. The van der Waals surface area contributed by atoms with Crippen molar-refractivity contribution in [2.75, 3.05) is 18.5 Å². The summed E-state index contributed by atoms with van der Waals surface area (Å²) in [5.74, 6) is -0.304. The monoisotopic (exact) mass is 592 g/mol. The summed E-state index contributed by atoms with van der Waals surface area (Å²) in [5.41, 5.74) is 1.46. The lowest BCUT2D eigenvalue weighted by Gasteiger charge is -2.37. The van der Waals surface area contributed by atoms with Crippen LogP contribution in [0, 0.1) is 5.92 Å². The molecule has 0 radical (unpaired) electrons. The molecule has 2 aliphatic rings. The predicted molar refractivity (Wildman–Crippen MR) is 148 cm³/mol. The average Bonchev–Trinajstić information content (AvgIpc) is 3.54. The van der Waals surface area contributed by atoms with Gasteiger partial charge in [0.1, 0.15) is 17.7 Å². The molecule has 13 heteroatoms. The van der Waals surface area contributed by atoms with Gasteiger partial charge in [-0.2, -0.15) is 13.1 Å². The summed E-state index contributed by atoms with van der Waals surface area (Å²) in [4.78, 5) is 22.5. The summed E-state index contributed by atoms with van der Waals surface area (Å²) in [5, 5.41) is 16.2. The predicted octanol–water partition coefficient (Wildman–Crippen LogP) is 3.81. The number of carbonyl (C=O) groups excluding carboxylic acids is 1. The number of hydrogen-bond donors (Lipinski definition) is 4. The van der Waals surface area contributed by atoms with E-state index < -0.39 is 27.9 Å². The third-order valence-electron chi connectivity index (χ3n) is 7.34. The van der Waals surface area contributed by atoms with Crippen molar-refractivity contribution in [3.05, 3.63) is 74.8 Å². The standard InChI is InChI=1S/C26H29ClN4O6S2/c27-19-5-3-4-17(9-19)26(6-1-2-7-37-26)18-10-23(38-14-18)24(33)21-13-28-15-29-25(21)31-20-8-16(22(32)11-20)12-30-39(34,35)36/h3-5,9-10,13-16,20,22,30,32H,1-2,6-8,11-12H2,(H,28,29,31)(H,34,35,36)/t16-,20-,22+,26+/m1/s1. The first-order valence-electron chi connectivity index (χ1n) is 12.6. The zero-order chi connectivity index (χ0) is 27.6. The average molecular weight is 593 g/mol. The Morgan fingerprint density at radius 3 is 2.82 bits per heavy atom. The van der Waals surface area contributed by atoms with Gasteiger partial charge in [-0.05, 0) is 66.8 Å². The SMILES string of the molecule is O=C(c1cc([C@@]2(c3cccc(Cl)c3)CCCCO2)cs1)c1cncnc1N[C@@H]1C[C@H](CNS(=O)(=O)O)[C@@H](O)C1. The summed E-state index contributed by atoms with van der Waals surface area (Å²) in [7, 11) is -4.35. The number of carbonyl (C=O) groups is 1. The minimum atomic E-state index is -4.35. The Balaban J connectivity index is 1.36. The van der Waals surface area contributed by atoms with Crippen LogP contribution >= 0.6 is 22.9 Å². The van der Waals surface area contributed by atoms with E-state index in [1.54, 1.807) is 0 Å². The van der Waals surface area contributed by atoms with Crippen molar-refractivity contribution in [1.82, 2.24) is 14.7 Å². The van der Waals surface area contributed by atoms with Gasteiger partial charge in [0.05, 0.1) is 16.5 Å². The summed E-state index contributed by atoms with van der Waals surface area (Å²) in [6, 6.07) is 9.25. The molecule has 0 amide bonds. The van der Waals surface area contributed by atoms with Gasteiger partial charge >= 0.3 is 10.3 Å². The van der Waals surface area contributed by atoms with E-state index in [0.717, 1.165) is 30.4 Å². The van der Waals surface area contributed by atoms with E-state index >= 15 is 0 Å². The van der Waals surface area contributed by atoms with E-state index in [0.29, 0.717) is 40.7 Å². The number of hydrogen-bond acceptors (Lipinski definition) is 9. The van der Waals surface area contributed by atoms with E-state index in [9.17, 15) is 18.3 Å². The molecule has 1 saturated heterocycles. The summed E-state index contributed by atoms with van der Waals surface area (Å²) < 4.78 is 39.4. The van der Waals surface area contributed by atoms with Crippen LogP contribution in [0.1, 0.15) is 58.5 Å². The molecule has 1 aromatic carbocycles. The lowest BCUT2D eigenvalue weighted by molar-refractivity contribution is -0.0530. The van der Waals surface area contributed by atoms with Crippen molar-refractivity contribution in [2.24, 2.45) is 5.92 Å². The molecule has 3 heterocycles. The number of halogens is 1. The fourth-order valence-corrected chi connectivity index (χ4v) is 6.95. The van der Waals surface area contributed by atoms with E-state index in [1.165, 1.54) is 23.9 Å². The number of ether oxygens (including phenoxy) is 1. The van der Waals surface area contributed by atoms with Gasteiger partial charge in [0.25, 0.3) is 0 Å². The molecule has 1 saturated carbocycles. The van der Waals surface area contributed by atoms with E-state index in [4.69, 9.17) is 20.9 Å². The minimum Gasteiger partial charge on any atom is -0.393 e. The minimum absolute atomic E-state index is 0.0951. The highest BCUT2D eigenvalue weighted by atomic mass is 35.5. The van der Waals surface area contributed by atoms with Gasteiger partial charge in [-0.3, -0.25) is 9.35 Å². The van der Waals surface area contributed by atoms with Crippen LogP contribution in [0.5, 0.6) is 0 Å². The molecular formula is C26H29ClN4O6S2. The highest BCUT2D eigenvalue weighted by Gasteiger charge is 2.39. The van der Waals surface area contributed by atoms with E-state index in [-0.39, 0.29) is 18.4 Å². The van der Waals surface area contributed by atoms with Crippen LogP contribution in [0.4, 0.5) is 5.82 Å². The first-order chi connectivity index (χ1) is 18.6. The van der Waals surface area contributed by atoms with Gasteiger partial charge in [0.15, 0.2) is 0 Å². The second kappa shape index (κ2) is 11.6. The number of ketones is 1. The van der Waals surface area contributed by atoms with Crippen molar-refractivity contribution < 1.29 is 27.6 Å². The summed E-state index contributed by atoms with van der Waals surface area (Å²) in [6.45, 7) is 0.516. The van der Waals surface area contributed by atoms with Crippen LogP contribution in [-0.2, 0) is 20.6 Å². The van der Waals surface area contributed by atoms with Crippen LogP contribution in [0.3, 0.4) is 0 Å². The maximum Gasteiger partial charge on any atom is 0.333 e. The molecule has 3 aromatic rings. The van der Waals surface area contributed by atoms with Gasteiger partial charge in [-0.15, -0.1) is 11.3 Å². The Bertz CT molecular complexity index is 1440. The molecule has 10 nitrogen and oxygen atoms in total. The molecule has 1 aliphatic heterocycles. The highest BCUT2D eigenvalue weighted by molar-refractivity contribution is 7.83. The maximum absolute atomic E-state index is 13.6. The number of nitrogens with zero attached hydrogens (tertiary/aromatic N) is 2. The largest absolute Gasteiger partial charge is 0.393 e. The van der Waals surface area contributed by atoms with Crippen LogP contribution in [0.15, 0.2) is 48.2 Å². The van der Waals surface area contributed by atoms with Crippen molar-refractivity contribution >= 4 is 44.8 Å². The summed E-state index contributed by atoms with van der Waals surface area (Å²) in [6.07, 6.45) is 5.50. The smallest absolute Gasteiger partial charge is 0.333 e. The second-order valence-corrected chi connectivity index (χ2v) is 12.5. The number of thiophene rings is 1. The van der Waals surface area contributed by atoms with Crippen LogP contribution < -0.4 is 10.0 Å². The quantitative estimate of drug-likeness (QED) is 0.215. The molecule has 5 rings (SSSR count). The number of aliphatic hydroxyl groups excluding tert-OH is 1. The molecule has 0 spiro atoms. The highest BCUT2D eigenvalue weighted by Crippen LogP contribution is 2.44. The van der Waals surface area contributed by atoms with Gasteiger partial charge in [0.2, 0.25) is 5.78 Å². The van der Waals surface area contributed by atoms with E-state index in [1.807, 2.05) is 40.4 Å². The molecule has 1 aliphatic carbocycles. The van der Waals surface area contributed by atoms with Crippen molar-refractivity contribution in [1.29, 1.82) is 0 Å². The Labute approximate surface area is 235 Å². The number of aromatic nitrogens is 2. The first-order valence-corrected chi connectivity index (χ1v) is 15.3. The number of benzene rings is 1. The third kappa shape index (κ3) is 6.32. The number of aliphatic hydroxyl groups is 1. The fraction of sp³-hybridized carbons (Fsp3) is 0.423. The molecule has 2 aromatic heterocycles. The van der Waals surface area contributed by atoms with Gasteiger partial charge in [-0.1, -0.05) is 23.7 Å². The normalized spacial score (nSPS) is 25.5. The Kier molecular flexibility index (Phi) is 8.34. The second-order valence-electron chi connectivity index (χ2n) is 9.92. The zero-order valence-corrected chi connectivity index (χ0v) is 23.3. The van der Waals surface area contributed by atoms with Crippen LogP contribution in [-0.4, -0.2) is 59.1 Å². The van der Waals surface area contributed by atoms with Crippen molar-refractivity contribution in [2.45, 2.75) is 49.9 Å². The number of anilines is 1. The summed E-state index contributed by atoms with van der Waals surface area (Å²) >= 11 is 7.64. The molecule has 2 fully saturated rings. The molecule has 39 heavy (non-hydrogen) atoms. The van der Waals surface area contributed by atoms with E-state index in [2.05, 4.69) is 15.3 Å². The van der Waals surface area contributed by atoms with Gasteiger partial charge in [-0.25, -0.2) is 9.97 Å². The van der Waals surface area contributed by atoms with Crippen LogP contribution in [0.25, 0.3) is 0 Å². The van der Waals surface area contributed by atoms with Gasteiger partial charge in [0, 0.05) is 36.3 Å². The van der Waals surface area contributed by atoms with Gasteiger partial charge < -0.3 is 15.2 Å². The molecule has 4 N–H and O–H groups in total. The third-order valence-corrected chi connectivity index (χ3v) is 9.03. The lowest BCUT2D eigenvalue weighted by atomic mass is 9.81. The fourth-order valence-electron chi connectivity index (χ4n) is 5.41. The first kappa shape index (κ1) is 28.1. The Hall–Kier alpha value is -2.45. The Morgan fingerprint density at radius 1 is 1.23 bits per heavy atom. The number of nitrogens with one attached hydrogen (secondary N) is 2. The lowest BCUT2D eigenvalue weighted by Crippen LogP contribution is -2.34. The van der Waals surface area contributed by atoms with Crippen LogP contribution in [0.2, 0.25) is 5.02 Å². The molecular weight excluding hydrogens is 564 g/mol. The van der Waals surface area contributed by atoms with Crippen molar-refractivity contribution in [3.8, 4) is 0 Å². The zero-order valence-electron chi connectivity index (χ0n) is 20.9. The maximum atomic E-state index is 13.6. The molecule has 0 unspecified atom stereocenters. The van der Waals surface area contributed by atoms with Crippen molar-refractivity contribution in [3.63, 3.8) is 0 Å². The molecule has 4 atom stereocenters.